The minimum absolute atomic E-state index is 0.431. The molecule has 0 saturated carbocycles. The normalized spacial score (nSPS) is 7.90. The van der Waals surface area contributed by atoms with Crippen LogP contribution in [-0.4, -0.2) is 30.0 Å². The molecule has 10 heavy (non-hydrogen) atoms. The second kappa shape index (κ2) is 11.5. The van der Waals surface area contributed by atoms with Gasteiger partial charge in [-0.15, -0.1) is 0 Å². The van der Waals surface area contributed by atoms with Crippen molar-refractivity contribution in [3.8, 4) is 0 Å². The van der Waals surface area contributed by atoms with Crippen LogP contribution in [0.1, 0.15) is 0 Å². The predicted molar refractivity (Wildman–Crippen MR) is 40.7 cm³/mol. The Bertz CT molecular complexity index is 78.9. The molecule has 0 aromatic heterocycles. The van der Waals surface area contributed by atoms with Gasteiger partial charge in [0.05, 0.1) is 0 Å². The lowest BCUT2D eigenvalue weighted by Crippen LogP contribution is -2.10. The van der Waals surface area contributed by atoms with Crippen molar-refractivity contribution in [2.75, 3.05) is 18.9 Å². The summed E-state index contributed by atoms with van der Waals surface area (Å²) in [7, 11) is 0. The van der Waals surface area contributed by atoms with Crippen LogP contribution in [0.3, 0.4) is 0 Å². The fourth-order valence-corrected chi connectivity index (χ4v) is 0.0713. The van der Waals surface area contributed by atoms with E-state index in [0.717, 1.165) is 5.75 Å². The fraction of sp³-hybridized carbons (Fsp3) is 0.750. The first-order valence-electron chi connectivity index (χ1n) is 2.53. The second-order valence-corrected chi connectivity index (χ2v) is 1.66. The topological polar surface area (TPSA) is 98.6 Å². The SMILES string of the molecule is NCCS.NOCC(=O)O. The van der Waals surface area contributed by atoms with Crippen LogP contribution in [0, 0.1) is 0 Å². The Kier molecular flexibility index (Phi) is 14.2. The van der Waals surface area contributed by atoms with Crippen LogP contribution in [-0.2, 0) is 9.63 Å². The minimum atomic E-state index is -1.06. The minimum Gasteiger partial charge on any atom is -0.479 e. The molecule has 0 aliphatic heterocycles. The van der Waals surface area contributed by atoms with E-state index in [9.17, 15) is 4.79 Å². The van der Waals surface area contributed by atoms with Crippen molar-refractivity contribution in [1.82, 2.24) is 0 Å². The first-order chi connectivity index (χ1) is 4.68. The first-order valence-corrected chi connectivity index (χ1v) is 3.16. The molecule has 5 nitrogen and oxygen atoms in total. The van der Waals surface area contributed by atoms with Crippen molar-refractivity contribution in [3.05, 3.63) is 0 Å². The van der Waals surface area contributed by atoms with Gasteiger partial charge in [0.15, 0.2) is 6.61 Å². The summed E-state index contributed by atoms with van der Waals surface area (Å²) in [5, 5.41) is 7.71. The molecule has 0 amide bonds. The monoisotopic (exact) mass is 168 g/mol. The molecule has 0 radical (unpaired) electrons. The number of rotatable bonds is 3. The standard InChI is InChI=1S/C2H5NO3.C2H7NS/c3-6-1-2(4)5;3-1-2-4/h1,3H2,(H,4,5);4H,1-3H2. The Labute approximate surface area is 64.7 Å². The second-order valence-electron chi connectivity index (χ2n) is 1.22. The van der Waals surface area contributed by atoms with Gasteiger partial charge in [0.2, 0.25) is 0 Å². The van der Waals surface area contributed by atoms with Crippen LogP contribution in [0.15, 0.2) is 0 Å². The van der Waals surface area contributed by atoms with Gasteiger partial charge in [-0.05, 0) is 0 Å². The zero-order valence-corrected chi connectivity index (χ0v) is 6.38. The quantitative estimate of drug-likeness (QED) is 0.314. The summed E-state index contributed by atoms with van der Waals surface area (Å²) in [5.74, 6) is 4.08. The number of hydrogen-bond donors (Lipinski definition) is 4. The van der Waals surface area contributed by atoms with E-state index in [4.69, 9.17) is 10.8 Å². The van der Waals surface area contributed by atoms with Gasteiger partial charge in [-0.25, -0.2) is 10.7 Å². The zero-order chi connectivity index (χ0) is 8.41. The fourth-order valence-electron chi connectivity index (χ4n) is 0.0713. The van der Waals surface area contributed by atoms with Gasteiger partial charge in [-0.1, -0.05) is 0 Å². The van der Waals surface area contributed by atoms with E-state index in [1.54, 1.807) is 0 Å². The lowest BCUT2D eigenvalue weighted by atomic mass is 10.8. The van der Waals surface area contributed by atoms with Gasteiger partial charge >= 0.3 is 5.97 Å². The van der Waals surface area contributed by atoms with Gasteiger partial charge in [0, 0.05) is 12.3 Å². The molecule has 0 fully saturated rings. The summed E-state index contributed by atoms with van der Waals surface area (Å²) in [6.45, 7) is 0.253. The van der Waals surface area contributed by atoms with E-state index in [1.807, 2.05) is 0 Å². The molecule has 0 rings (SSSR count). The van der Waals surface area contributed by atoms with E-state index in [2.05, 4.69) is 23.4 Å². The van der Waals surface area contributed by atoms with Crippen LogP contribution in [0.25, 0.3) is 0 Å². The maximum Gasteiger partial charge on any atom is 0.331 e. The molecule has 0 heterocycles. The highest BCUT2D eigenvalue weighted by atomic mass is 32.1. The average molecular weight is 168 g/mol. The molecule has 0 spiro atoms. The van der Waals surface area contributed by atoms with Gasteiger partial charge in [-0.3, -0.25) is 4.84 Å². The molecule has 62 valence electrons. The predicted octanol–water partition coefficient (Wildman–Crippen LogP) is -1.16. The third-order valence-corrected chi connectivity index (χ3v) is 0.594. The number of carbonyl (C=O) groups is 1. The van der Waals surface area contributed by atoms with E-state index in [1.165, 1.54) is 0 Å². The van der Waals surface area contributed by atoms with Crippen molar-refractivity contribution in [1.29, 1.82) is 0 Å². The number of aliphatic carboxylic acids is 1. The maximum absolute atomic E-state index is 9.39. The highest BCUT2D eigenvalue weighted by Gasteiger charge is 1.88. The summed E-state index contributed by atoms with van der Waals surface area (Å²) >= 11 is 3.80. The molecule has 0 aliphatic carbocycles. The Morgan fingerprint density at radius 1 is 1.70 bits per heavy atom. The Balaban J connectivity index is 0. The van der Waals surface area contributed by atoms with Crippen LogP contribution < -0.4 is 11.6 Å². The van der Waals surface area contributed by atoms with E-state index in [-0.39, 0.29) is 0 Å². The summed E-state index contributed by atoms with van der Waals surface area (Å²) in [6.07, 6.45) is 0. The summed E-state index contributed by atoms with van der Waals surface area (Å²) in [5.41, 5.74) is 4.95. The number of carboxylic acids is 1. The molecule has 0 aromatic carbocycles. The van der Waals surface area contributed by atoms with Crippen molar-refractivity contribution in [3.63, 3.8) is 0 Å². The van der Waals surface area contributed by atoms with E-state index in [0.29, 0.717) is 6.54 Å². The molecule has 0 aliphatic rings. The van der Waals surface area contributed by atoms with Crippen molar-refractivity contribution in [2.24, 2.45) is 11.6 Å². The molecule has 6 heteroatoms. The van der Waals surface area contributed by atoms with E-state index < -0.39 is 12.6 Å². The zero-order valence-electron chi connectivity index (χ0n) is 5.49. The van der Waals surface area contributed by atoms with Crippen LogP contribution in [0.4, 0.5) is 0 Å². The smallest absolute Gasteiger partial charge is 0.331 e. The van der Waals surface area contributed by atoms with Crippen molar-refractivity contribution >= 4 is 18.6 Å². The maximum atomic E-state index is 9.39. The molecule has 5 N–H and O–H groups in total. The summed E-state index contributed by atoms with van der Waals surface area (Å²) in [6, 6.07) is 0. The highest BCUT2D eigenvalue weighted by Crippen LogP contribution is 1.58. The van der Waals surface area contributed by atoms with Crippen LogP contribution >= 0.6 is 12.6 Å². The largest absolute Gasteiger partial charge is 0.479 e. The molecule has 0 atom stereocenters. The average Bonchev–Trinajstić information content (AvgIpc) is 1.89. The van der Waals surface area contributed by atoms with Gasteiger partial charge < -0.3 is 10.8 Å². The Hall–Kier alpha value is -0.300. The summed E-state index contributed by atoms with van der Waals surface area (Å²) < 4.78 is 0. The molecule has 0 bridgehead atoms. The lowest BCUT2D eigenvalue weighted by molar-refractivity contribution is -0.142. The Morgan fingerprint density at radius 3 is 2.10 bits per heavy atom. The van der Waals surface area contributed by atoms with Crippen LogP contribution in [0.2, 0.25) is 0 Å². The van der Waals surface area contributed by atoms with Crippen molar-refractivity contribution < 1.29 is 14.7 Å². The van der Waals surface area contributed by atoms with Crippen LogP contribution in [0.5, 0.6) is 0 Å². The number of hydrogen-bond acceptors (Lipinski definition) is 5. The molecule has 0 aromatic rings. The Morgan fingerprint density at radius 2 is 2.10 bits per heavy atom. The molecular formula is C4H12N2O3S. The molecule has 0 unspecified atom stereocenters. The lowest BCUT2D eigenvalue weighted by Gasteiger charge is -1.83. The number of nitrogens with two attached hydrogens (primary N) is 2. The first kappa shape index (κ1) is 12.4. The number of thiol groups is 1. The summed E-state index contributed by atoms with van der Waals surface area (Å²) in [4.78, 5) is 13.1. The van der Waals surface area contributed by atoms with Gasteiger partial charge in [0.25, 0.3) is 0 Å². The number of carboxylic acid groups (broad SMARTS) is 1. The van der Waals surface area contributed by atoms with Gasteiger partial charge in [0.1, 0.15) is 0 Å². The highest BCUT2D eigenvalue weighted by molar-refractivity contribution is 7.80. The third-order valence-electron chi connectivity index (χ3n) is 0.336. The molecule has 0 saturated heterocycles. The third kappa shape index (κ3) is 25.2. The van der Waals surface area contributed by atoms with Gasteiger partial charge in [-0.2, -0.15) is 12.6 Å². The van der Waals surface area contributed by atoms with E-state index >= 15 is 0 Å². The molecular weight excluding hydrogens is 156 g/mol. The van der Waals surface area contributed by atoms with Crippen molar-refractivity contribution in [2.45, 2.75) is 0 Å².